The summed E-state index contributed by atoms with van der Waals surface area (Å²) in [6, 6.07) is 0. The van der Waals surface area contributed by atoms with Crippen molar-refractivity contribution >= 4 is 36.7 Å². The van der Waals surface area contributed by atoms with E-state index in [1.807, 2.05) is 0 Å². The van der Waals surface area contributed by atoms with Crippen molar-refractivity contribution in [3.05, 3.63) is 0 Å². The van der Waals surface area contributed by atoms with Crippen LogP contribution >= 0.6 is 17.8 Å². The van der Waals surface area contributed by atoms with Gasteiger partial charge >= 0.3 is 36.7 Å². The number of rotatable bonds is 0. The minimum atomic E-state index is -0.826. The molecule has 0 heterocycles. The van der Waals surface area contributed by atoms with Gasteiger partial charge in [0.1, 0.15) is 0 Å². The van der Waals surface area contributed by atoms with Gasteiger partial charge in [-0.3, -0.25) is 0 Å². The second kappa shape index (κ2) is 53.1. The van der Waals surface area contributed by atoms with Gasteiger partial charge < -0.3 is 0 Å². The third-order valence-corrected chi connectivity index (χ3v) is 0. The zero-order valence-electron chi connectivity index (χ0n) is 1.26. The molecule has 0 atom stereocenters. The molecule has 0 saturated heterocycles. The molecule has 0 N–H and O–H groups in total. The number of halogens is 2. The molecule has 2 radical (unpaired) electrons. The second-order valence-corrected chi connectivity index (χ2v) is 4.31. The van der Waals surface area contributed by atoms with E-state index in [9.17, 15) is 0 Å². The Morgan fingerprint density at radius 2 is 0.714 bits per heavy atom. The van der Waals surface area contributed by atoms with Crippen LogP contribution in [0.2, 0.25) is 0 Å². The van der Waals surface area contributed by atoms with E-state index in [1.165, 1.54) is 0 Å². The maximum absolute atomic E-state index is 4.93. The zero-order chi connectivity index (χ0) is 2.71. The SMILES string of the molecule is C.C.C.C.[Cl][Sn][Cl]. The molecule has 0 aromatic heterocycles. The Morgan fingerprint density at radius 3 is 0.714 bits per heavy atom. The quantitative estimate of drug-likeness (QED) is 0.580. The molecule has 0 saturated carbocycles. The Balaban J connectivity index is -0.00000000333. The summed E-state index contributed by atoms with van der Waals surface area (Å²) in [6.07, 6.45) is 0. The fourth-order valence-electron chi connectivity index (χ4n) is 0. The Kier molecular flexibility index (Phi) is 303. The molecular weight excluding hydrogens is 238 g/mol. The molecule has 0 spiro atoms. The van der Waals surface area contributed by atoms with Crippen LogP contribution in [0.15, 0.2) is 0 Å². The summed E-state index contributed by atoms with van der Waals surface area (Å²) in [6.45, 7) is 0. The summed E-state index contributed by atoms with van der Waals surface area (Å²) in [4.78, 5) is 0. The van der Waals surface area contributed by atoms with Crippen LogP contribution in [0.3, 0.4) is 0 Å². The average Bonchev–Trinajstić information content (AvgIpc) is 0.918. The van der Waals surface area contributed by atoms with Crippen LogP contribution < -0.4 is 0 Å². The molecule has 7 heavy (non-hydrogen) atoms. The van der Waals surface area contributed by atoms with Crippen molar-refractivity contribution in [3.8, 4) is 0 Å². The first-order valence-corrected chi connectivity index (χ1v) is 7.61. The van der Waals surface area contributed by atoms with Crippen molar-refractivity contribution in [2.75, 3.05) is 0 Å². The summed E-state index contributed by atoms with van der Waals surface area (Å²) in [5, 5.41) is 0. The predicted octanol–water partition coefficient (Wildman–Crippen LogP) is 3.54. The van der Waals surface area contributed by atoms with Crippen LogP contribution in [0.5, 0.6) is 0 Å². The summed E-state index contributed by atoms with van der Waals surface area (Å²) in [5.41, 5.74) is 0. The van der Waals surface area contributed by atoms with E-state index in [4.69, 9.17) is 17.8 Å². The summed E-state index contributed by atoms with van der Waals surface area (Å²) >= 11 is -0.826. The third-order valence-electron chi connectivity index (χ3n) is 0. The van der Waals surface area contributed by atoms with Crippen LogP contribution in [0.4, 0.5) is 0 Å². The minimum absolute atomic E-state index is 0. The van der Waals surface area contributed by atoms with Crippen LogP contribution in [0.1, 0.15) is 29.7 Å². The number of hydrogen-bond donors (Lipinski definition) is 0. The Labute approximate surface area is 66.2 Å². The molecule has 0 rings (SSSR count). The Morgan fingerprint density at radius 1 is 0.714 bits per heavy atom. The van der Waals surface area contributed by atoms with Gasteiger partial charge in [-0.15, -0.1) is 0 Å². The maximum atomic E-state index is 4.93. The van der Waals surface area contributed by atoms with Crippen molar-refractivity contribution in [3.63, 3.8) is 0 Å². The monoisotopic (exact) mass is 254 g/mol. The Bertz CT molecular complexity index is 9.65. The van der Waals surface area contributed by atoms with Gasteiger partial charge in [-0.05, 0) is 0 Å². The summed E-state index contributed by atoms with van der Waals surface area (Å²) in [5.74, 6) is 0. The van der Waals surface area contributed by atoms with Crippen LogP contribution in [0, 0.1) is 0 Å². The van der Waals surface area contributed by atoms with Gasteiger partial charge in [-0.2, -0.15) is 0 Å². The van der Waals surface area contributed by atoms with Crippen molar-refractivity contribution in [2.24, 2.45) is 0 Å². The van der Waals surface area contributed by atoms with Crippen molar-refractivity contribution in [2.45, 2.75) is 29.7 Å². The van der Waals surface area contributed by atoms with E-state index in [0.717, 1.165) is 0 Å². The summed E-state index contributed by atoms with van der Waals surface area (Å²) < 4.78 is 0. The van der Waals surface area contributed by atoms with Gasteiger partial charge in [0.05, 0.1) is 0 Å². The van der Waals surface area contributed by atoms with E-state index < -0.39 is 18.9 Å². The molecule has 0 bridgehead atoms. The van der Waals surface area contributed by atoms with Crippen LogP contribution in [-0.2, 0) is 0 Å². The average molecular weight is 254 g/mol. The molecule has 50 valence electrons. The molecule has 0 amide bonds. The topological polar surface area (TPSA) is 0 Å². The molecule has 3 heteroatoms. The van der Waals surface area contributed by atoms with E-state index in [-0.39, 0.29) is 29.7 Å². The van der Waals surface area contributed by atoms with E-state index in [2.05, 4.69) is 0 Å². The van der Waals surface area contributed by atoms with E-state index in [0.29, 0.717) is 0 Å². The molecule has 0 aliphatic carbocycles. The van der Waals surface area contributed by atoms with Crippen LogP contribution in [-0.4, -0.2) is 18.9 Å². The van der Waals surface area contributed by atoms with Gasteiger partial charge in [-0.25, -0.2) is 0 Å². The molecule has 0 nitrogen and oxygen atoms in total. The van der Waals surface area contributed by atoms with E-state index >= 15 is 0 Å². The Hall–Kier alpha value is 1.38. The van der Waals surface area contributed by atoms with Gasteiger partial charge in [-0.1, -0.05) is 29.7 Å². The molecule has 0 fully saturated rings. The second-order valence-electron chi connectivity index (χ2n) is 0.0714. The fraction of sp³-hybridized carbons (Fsp3) is 1.00. The van der Waals surface area contributed by atoms with Crippen molar-refractivity contribution < 1.29 is 0 Å². The predicted molar refractivity (Wildman–Crippen MR) is 44.4 cm³/mol. The van der Waals surface area contributed by atoms with Gasteiger partial charge in [0.15, 0.2) is 0 Å². The molecule has 0 aromatic rings. The normalized spacial score (nSPS) is 2.57. The number of hydrogen-bond acceptors (Lipinski definition) is 0. The molecular formula is C4H16Cl2Sn. The molecule has 0 aliphatic rings. The van der Waals surface area contributed by atoms with Crippen molar-refractivity contribution in [1.29, 1.82) is 0 Å². The molecule has 0 unspecified atom stereocenters. The first kappa shape index (κ1) is 40.0. The standard InChI is InChI=1S/4CH4.2ClH.Sn/h4*1H4;2*1H;/q;;;;;;+2/p-2. The molecule has 0 aliphatic heterocycles. The van der Waals surface area contributed by atoms with E-state index in [1.54, 1.807) is 0 Å². The van der Waals surface area contributed by atoms with Crippen molar-refractivity contribution in [1.82, 2.24) is 0 Å². The third kappa shape index (κ3) is 112. The van der Waals surface area contributed by atoms with Gasteiger partial charge in [0, 0.05) is 0 Å². The van der Waals surface area contributed by atoms with Crippen LogP contribution in [0.25, 0.3) is 0 Å². The van der Waals surface area contributed by atoms with Gasteiger partial charge in [0.2, 0.25) is 0 Å². The van der Waals surface area contributed by atoms with Gasteiger partial charge in [0.25, 0.3) is 0 Å². The zero-order valence-corrected chi connectivity index (χ0v) is 5.62. The summed E-state index contributed by atoms with van der Waals surface area (Å²) in [7, 11) is 9.87. The molecule has 0 aromatic carbocycles. The first-order chi connectivity index (χ1) is 1.41. The first-order valence-electron chi connectivity index (χ1n) is 0.378. The fourth-order valence-corrected chi connectivity index (χ4v) is 0.